The first-order valence-corrected chi connectivity index (χ1v) is 8.15. The van der Waals surface area contributed by atoms with Crippen LogP contribution in [0.2, 0.25) is 10.0 Å². The van der Waals surface area contributed by atoms with Crippen molar-refractivity contribution in [2.24, 2.45) is 0 Å². The van der Waals surface area contributed by atoms with Crippen LogP contribution in [0.5, 0.6) is 0 Å². The maximum Gasteiger partial charge on any atom is 0.259 e. The van der Waals surface area contributed by atoms with Crippen molar-refractivity contribution in [2.75, 3.05) is 42.3 Å². The van der Waals surface area contributed by atoms with E-state index in [0.717, 1.165) is 0 Å². The van der Waals surface area contributed by atoms with Gasteiger partial charge in [-0.1, -0.05) is 23.2 Å². The SMILES string of the molecule is Nc1c(Cl)cc(NC(=O)c2cccnc2N2CCOCC2)cc1Cl. The number of nitrogens with zero attached hydrogens (tertiary/aromatic N) is 2. The summed E-state index contributed by atoms with van der Waals surface area (Å²) in [4.78, 5) is 19.0. The Morgan fingerprint density at radius 1 is 1.25 bits per heavy atom. The number of anilines is 3. The molecule has 6 nitrogen and oxygen atoms in total. The fraction of sp³-hybridized carbons (Fsp3) is 0.250. The number of ether oxygens (including phenoxy) is 1. The number of nitrogen functional groups attached to an aromatic ring is 1. The van der Waals surface area contributed by atoms with Crippen molar-refractivity contribution in [3.63, 3.8) is 0 Å². The number of benzene rings is 1. The van der Waals surface area contributed by atoms with E-state index < -0.39 is 0 Å². The summed E-state index contributed by atoms with van der Waals surface area (Å²) in [6, 6.07) is 6.58. The van der Waals surface area contributed by atoms with Crippen LogP contribution >= 0.6 is 23.2 Å². The van der Waals surface area contributed by atoms with Crippen LogP contribution in [0.25, 0.3) is 0 Å². The van der Waals surface area contributed by atoms with Gasteiger partial charge in [-0.05, 0) is 24.3 Å². The van der Waals surface area contributed by atoms with Gasteiger partial charge in [0.2, 0.25) is 0 Å². The Morgan fingerprint density at radius 2 is 1.92 bits per heavy atom. The molecule has 2 heterocycles. The fourth-order valence-electron chi connectivity index (χ4n) is 2.46. The van der Waals surface area contributed by atoms with Gasteiger partial charge in [0, 0.05) is 25.0 Å². The standard InChI is InChI=1S/C16H16Cl2N4O2/c17-12-8-10(9-13(18)14(12)19)21-16(23)11-2-1-3-20-15(11)22-4-6-24-7-5-22/h1-3,8-9H,4-7,19H2,(H,21,23). The van der Waals surface area contributed by atoms with E-state index in [-0.39, 0.29) is 21.6 Å². The quantitative estimate of drug-likeness (QED) is 0.815. The number of nitrogens with two attached hydrogens (primary N) is 1. The van der Waals surface area contributed by atoms with Gasteiger partial charge in [-0.2, -0.15) is 0 Å². The van der Waals surface area contributed by atoms with Gasteiger partial charge in [0.25, 0.3) is 5.91 Å². The number of aromatic nitrogens is 1. The minimum Gasteiger partial charge on any atom is -0.396 e. The third-order valence-corrected chi connectivity index (χ3v) is 4.30. The van der Waals surface area contributed by atoms with Gasteiger partial charge in [0.15, 0.2) is 0 Å². The lowest BCUT2D eigenvalue weighted by atomic mass is 10.2. The molecule has 0 aliphatic carbocycles. The zero-order valence-electron chi connectivity index (χ0n) is 12.8. The van der Waals surface area contributed by atoms with Crippen molar-refractivity contribution in [3.05, 3.63) is 46.1 Å². The number of hydrogen-bond acceptors (Lipinski definition) is 5. The number of nitrogens with one attached hydrogen (secondary N) is 1. The summed E-state index contributed by atoms with van der Waals surface area (Å²) in [5.74, 6) is 0.340. The largest absolute Gasteiger partial charge is 0.396 e. The lowest BCUT2D eigenvalue weighted by Gasteiger charge is -2.29. The van der Waals surface area contributed by atoms with Crippen molar-refractivity contribution in [1.29, 1.82) is 0 Å². The summed E-state index contributed by atoms with van der Waals surface area (Å²) in [5, 5.41) is 3.36. The molecule has 0 bridgehead atoms. The molecule has 2 aromatic rings. The monoisotopic (exact) mass is 366 g/mol. The van der Waals surface area contributed by atoms with Gasteiger partial charge in [0.1, 0.15) is 5.82 Å². The number of carbonyl (C=O) groups excluding carboxylic acids is 1. The number of amides is 1. The molecular weight excluding hydrogens is 351 g/mol. The molecule has 1 saturated heterocycles. The molecule has 8 heteroatoms. The van der Waals surface area contributed by atoms with E-state index in [1.807, 2.05) is 4.90 Å². The molecule has 1 aromatic carbocycles. The number of hydrogen-bond donors (Lipinski definition) is 2. The van der Waals surface area contributed by atoms with Crippen molar-refractivity contribution < 1.29 is 9.53 Å². The summed E-state index contributed by atoms with van der Waals surface area (Å²) in [5.41, 5.74) is 6.94. The van der Waals surface area contributed by atoms with Gasteiger partial charge < -0.3 is 20.7 Å². The lowest BCUT2D eigenvalue weighted by Crippen LogP contribution is -2.38. The van der Waals surface area contributed by atoms with Crippen molar-refractivity contribution in [2.45, 2.75) is 0 Å². The Bertz CT molecular complexity index is 740. The molecule has 1 aliphatic rings. The second-order valence-electron chi connectivity index (χ2n) is 5.28. The third kappa shape index (κ3) is 3.56. The highest BCUT2D eigenvalue weighted by molar-refractivity contribution is 6.39. The molecule has 0 atom stereocenters. The fourth-order valence-corrected chi connectivity index (χ4v) is 2.94. The number of carbonyl (C=O) groups is 1. The Kier molecular flexibility index (Phi) is 5.08. The van der Waals surface area contributed by atoms with Gasteiger partial charge in [-0.3, -0.25) is 4.79 Å². The predicted molar refractivity (Wildman–Crippen MR) is 96.1 cm³/mol. The van der Waals surface area contributed by atoms with Gasteiger partial charge >= 0.3 is 0 Å². The van der Waals surface area contributed by atoms with Crippen LogP contribution in [0, 0.1) is 0 Å². The van der Waals surface area contributed by atoms with Crippen LogP contribution in [-0.2, 0) is 4.74 Å². The van der Waals surface area contributed by atoms with Crippen LogP contribution < -0.4 is 16.0 Å². The average molecular weight is 367 g/mol. The molecule has 0 saturated carbocycles. The Hall–Kier alpha value is -2.02. The highest BCUT2D eigenvalue weighted by Gasteiger charge is 2.20. The van der Waals surface area contributed by atoms with E-state index in [2.05, 4.69) is 10.3 Å². The lowest BCUT2D eigenvalue weighted by molar-refractivity contribution is 0.102. The number of rotatable bonds is 3. The first-order chi connectivity index (χ1) is 11.6. The zero-order chi connectivity index (χ0) is 17.1. The molecule has 1 amide bonds. The van der Waals surface area contributed by atoms with Crippen molar-refractivity contribution >= 4 is 46.3 Å². The van der Waals surface area contributed by atoms with E-state index in [0.29, 0.717) is 43.4 Å². The van der Waals surface area contributed by atoms with Crippen molar-refractivity contribution in [1.82, 2.24) is 4.98 Å². The third-order valence-electron chi connectivity index (χ3n) is 3.68. The summed E-state index contributed by atoms with van der Waals surface area (Å²) in [6.45, 7) is 2.61. The first kappa shape index (κ1) is 16.8. The van der Waals surface area contributed by atoms with Gasteiger partial charge in [-0.15, -0.1) is 0 Å². The maximum absolute atomic E-state index is 12.7. The topological polar surface area (TPSA) is 80.5 Å². The smallest absolute Gasteiger partial charge is 0.259 e. The second-order valence-corrected chi connectivity index (χ2v) is 6.10. The predicted octanol–water partition coefficient (Wildman–Crippen LogP) is 3.06. The molecule has 3 N–H and O–H groups in total. The van der Waals surface area contributed by atoms with Crippen LogP contribution in [0.1, 0.15) is 10.4 Å². The molecule has 126 valence electrons. The van der Waals surface area contributed by atoms with E-state index in [9.17, 15) is 4.79 Å². The highest BCUT2D eigenvalue weighted by atomic mass is 35.5. The van der Waals surface area contributed by atoms with Gasteiger partial charge in [-0.25, -0.2) is 4.98 Å². The molecule has 1 aromatic heterocycles. The van der Waals surface area contributed by atoms with E-state index in [1.165, 1.54) is 0 Å². The van der Waals surface area contributed by atoms with Crippen LogP contribution in [0.4, 0.5) is 17.2 Å². The van der Waals surface area contributed by atoms with Crippen LogP contribution in [0.15, 0.2) is 30.5 Å². The van der Waals surface area contributed by atoms with E-state index in [1.54, 1.807) is 30.5 Å². The van der Waals surface area contributed by atoms with Crippen molar-refractivity contribution in [3.8, 4) is 0 Å². The van der Waals surface area contributed by atoms with Gasteiger partial charge in [0.05, 0.1) is 34.5 Å². The summed E-state index contributed by atoms with van der Waals surface area (Å²) >= 11 is 12.0. The molecule has 0 spiro atoms. The minimum absolute atomic E-state index is 0.284. The molecule has 1 aliphatic heterocycles. The highest BCUT2D eigenvalue weighted by Crippen LogP contribution is 2.31. The molecule has 3 rings (SSSR count). The number of morpholine rings is 1. The Balaban J connectivity index is 1.85. The maximum atomic E-state index is 12.7. The summed E-state index contributed by atoms with van der Waals surface area (Å²) < 4.78 is 5.34. The van der Waals surface area contributed by atoms with Crippen LogP contribution in [-0.4, -0.2) is 37.2 Å². The number of pyridine rings is 1. The van der Waals surface area contributed by atoms with Crippen LogP contribution in [0.3, 0.4) is 0 Å². The minimum atomic E-state index is -0.290. The van der Waals surface area contributed by atoms with E-state index >= 15 is 0 Å². The first-order valence-electron chi connectivity index (χ1n) is 7.40. The second kappa shape index (κ2) is 7.25. The molecule has 24 heavy (non-hydrogen) atoms. The molecule has 0 unspecified atom stereocenters. The zero-order valence-corrected chi connectivity index (χ0v) is 14.3. The number of halogens is 2. The summed E-state index contributed by atoms with van der Waals surface area (Å²) in [6.07, 6.45) is 1.67. The molecular formula is C16H16Cl2N4O2. The van der Waals surface area contributed by atoms with E-state index in [4.69, 9.17) is 33.7 Å². The molecule has 1 fully saturated rings. The normalized spacial score (nSPS) is 14.5. The summed E-state index contributed by atoms with van der Waals surface area (Å²) in [7, 11) is 0. The Labute approximate surface area is 149 Å². The average Bonchev–Trinajstić information content (AvgIpc) is 2.60. The Morgan fingerprint density at radius 3 is 2.58 bits per heavy atom. The molecule has 0 radical (unpaired) electrons.